The van der Waals surface area contributed by atoms with Crippen LogP contribution in [-0.2, 0) is 11.2 Å². The second-order valence-electron chi connectivity index (χ2n) is 6.48. The highest BCUT2D eigenvalue weighted by Gasteiger charge is 2.19. The molecule has 1 amide bonds. The Balaban J connectivity index is 1.63. The van der Waals surface area contributed by atoms with Gasteiger partial charge in [-0.05, 0) is 61.7 Å². The van der Waals surface area contributed by atoms with Crippen molar-refractivity contribution in [1.82, 2.24) is 5.32 Å². The molecular formula is C20H25NO3S. The van der Waals surface area contributed by atoms with Crippen molar-refractivity contribution >= 4 is 17.2 Å². The number of ether oxygens (including phenoxy) is 2. The zero-order chi connectivity index (χ0) is 17.6. The summed E-state index contributed by atoms with van der Waals surface area (Å²) in [6.07, 6.45) is 5.40. The van der Waals surface area contributed by atoms with Gasteiger partial charge >= 0.3 is 0 Å². The molecule has 1 aliphatic rings. The Morgan fingerprint density at radius 2 is 2.08 bits per heavy atom. The Hall–Kier alpha value is -2.01. The molecule has 1 atom stereocenters. The van der Waals surface area contributed by atoms with E-state index in [1.807, 2.05) is 42.6 Å². The van der Waals surface area contributed by atoms with Crippen LogP contribution >= 0.6 is 11.3 Å². The fourth-order valence-electron chi connectivity index (χ4n) is 3.18. The second kappa shape index (κ2) is 8.39. The maximum absolute atomic E-state index is 12.2. The number of hydrogen-bond donors (Lipinski definition) is 1. The minimum absolute atomic E-state index is 0.0280. The normalized spacial score (nSPS) is 15.8. The summed E-state index contributed by atoms with van der Waals surface area (Å²) >= 11 is 1.60. The van der Waals surface area contributed by atoms with Crippen LogP contribution in [0.5, 0.6) is 11.5 Å². The van der Waals surface area contributed by atoms with Crippen LogP contribution in [0.15, 0.2) is 35.7 Å². The van der Waals surface area contributed by atoms with Crippen LogP contribution in [0.25, 0.3) is 0 Å². The molecule has 0 radical (unpaired) electrons. The molecule has 5 heteroatoms. The van der Waals surface area contributed by atoms with E-state index in [2.05, 4.69) is 5.32 Å². The highest BCUT2D eigenvalue weighted by Crippen LogP contribution is 2.33. The lowest BCUT2D eigenvalue weighted by molar-refractivity contribution is -0.121. The molecule has 1 fully saturated rings. The third-order valence-electron chi connectivity index (χ3n) is 4.58. The number of carbonyl (C=O) groups is 1. The first-order chi connectivity index (χ1) is 12.2. The van der Waals surface area contributed by atoms with E-state index in [1.54, 1.807) is 18.4 Å². The van der Waals surface area contributed by atoms with Gasteiger partial charge in [-0.25, -0.2) is 0 Å². The highest BCUT2D eigenvalue weighted by molar-refractivity contribution is 7.10. The lowest BCUT2D eigenvalue weighted by atomic mass is 10.1. The van der Waals surface area contributed by atoms with E-state index < -0.39 is 0 Å². The molecule has 3 rings (SSSR count). The van der Waals surface area contributed by atoms with E-state index in [9.17, 15) is 4.79 Å². The van der Waals surface area contributed by atoms with E-state index in [-0.39, 0.29) is 11.9 Å². The minimum Gasteiger partial charge on any atom is -0.493 e. The predicted octanol–water partition coefficient (Wildman–Crippen LogP) is 4.50. The Morgan fingerprint density at radius 1 is 1.28 bits per heavy atom. The maximum atomic E-state index is 12.2. The van der Waals surface area contributed by atoms with Crippen LogP contribution in [0.4, 0.5) is 0 Å². The highest BCUT2D eigenvalue weighted by atomic mass is 32.1. The third kappa shape index (κ3) is 4.75. The summed E-state index contributed by atoms with van der Waals surface area (Å²) in [4.78, 5) is 13.3. The van der Waals surface area contributed by atoms with Gasteiger partial charge in [0.1, 0.15) is 0 Å². The number of nitrogens with one attached hydrogen (secondary N) is 1. The van der Waals surface area contributed by atoms with Crippen molar-refractivity contribution in [1.29, 1.82) is 0 Å². The van der Waals surface area contributed by atoms with E-state index in [0.717, 1.165) is 34.8 Å². The monoisotopic (exact) mass is 359 g/mol. The number of methoxy groups -OCH3 is 1. The number of amides is 1. The smallest absolute Gasteiger partial charge is 0.225 e. The maximum Gasteiger partial charge on any atom is 0.225 e. The molecule has 1 saturated carbocycles. The van der Waals surface area contributed by atoms with Crippen LogP contribution in [0.3, 0.4) is 0 Å². The molecule has 1 heterocycles. The van der Waals surface area contributed by atoms with Crippen molar-refractivity contribution < 1.29 is 14.3 Å². The molecule has 2 aromatic rings. The van der Waals surface area contributed by atoms with Gasteiger partial charge in [0, 0.05) is 4.88 Å². The van der Waals surface area contributed by atoms with Crippen LogP contribution < -0.4 is 14.8 Å². The molecule has 1 aromatic carbocycles. The van der Waals surface area contributed by atoms with Crippen molar-refractivity contribution in [3.8, 4) is 11.5 Å². The number of carbonyl (C=O) groups excluding carboxylic acids is 1. The molecule has 1 aliphatic carbocycles. The fraction of sp³-hybridized carbons (Fsp3) is 0.450. The first-order valence-corrected chi connectivity index (χ1v) is 9.70. The standard InChI is InChI=1S/C20H25NO3S/c1-14(21-20(22)13-17-8-5-11-25-17)15-9-10-18(19(12-15)23-2)24-16-6-3-4-7-16/h5,8-12,14,16H,3-4,6-7,13H2,1-2H3,(H,21,22). The fourth-order valence-corrected chi connectivity index (χ4v) is 3.89. The molecule has 1 unspecified atom stereocenters. The average Bonchev–Trinajstić information content (AvgIpc) is 3.29. The molecule has 0 aliphatic heterocycles. The second-order valence-corrected chi connectivity index (χ2v) is 7.51. The minimum atomic E-state index is -0.0816. The third-order valence-corrected chi connectivity index (χ3v) is 5.45. The van der Waals surface area contributed by atoms with E-state index >= 15 is 0 Å². The summed E-state index contributed by atoms with van der Waals surface area (Å²) in [5.41, 5.74) is 1.01. The molecule has 25 heavy (non-hydrogen) atoms. The molecule has 1 N–H and O–H groups in total. The first kappa shape index (κ1) is 17.8. The van der Waals surface area contributed by atoms with Crippen LogP contribution in [0, 0.1) is 0 Å². The molecule has 4 nitrogen and oxygen atoms in total. The summed E-state index contributed by atoms with van der Waals surface area (Å²) in [7, 11) is 1.65. The zero-order valence-electron chi connectivity index (χ0n) is 14.8. The number of hydrogen-bond acceptors (Lipinski definition) is 4. The predicted molar refractivity (Wildman–Crippen MR) is 100 cm³/mol. The topological polar surface area (TPSA) is 47.6 Å². The van der Waals surface area contributed by atoms with Gasteiger partial charge in [-0.15, -0.1) is 11.3 Å². The first-order valence-electron chi connectivity index (χ1n) is 8.82. The van der Waals surface area contributed by atoms with Gasteiger partial charge in [-0.3, -0.25) is 4.79 Å². The molecule has 0 bridgehead atoms. The Labute approximate surface area is 153 Å². The number of thiophene rings is 1. The quantitative estimate of drug-likeness (QED) is 0.792. The van der Waals surface area contributed by atoms with Crippen molar-refractivity contribution in [3.05, 3.63) is 46.2 Å². The number of benzene rings is 1. The summed E-state index contributed by atoms with van der Waals surface area (Å²) in [6, 6.07) is 9.77. The summed E-state index contributed by atoms with van der Waals surface area (Å²) < 4.78 is 11.6. The molecule has 134 valence electrons. The number of rotatable bonds is 7. The Morgan fingerprint density at radius 3 is 2.76 bits per heavy atom. The molecule has 0 saturated heterocycles. The van der Waals surface area contributed by atoms with Crippen molar-refractivity contribution in [3.63, 3.8) is 0 Å². The van der Waals surface area contributed by atoms with Crippen LogP contribution in [0.2, 0.25) is 0 Å². The lowest BCUT2D eigenvalue weighted by Gasteiger charge is -2.19. The van der Waals surface area contributed by atoms with Gasteiger partial charge in [0.05, 0.1) is 25.7 Å². The van der Waals surface area contributed by atoms with Crippen molar-refractivity contribution in [2.45, 2.75) is 51.2 Å². The lowest BCUT2D eigenvalue weighted by Crippen LogP contribution is -2.27. The molecule has 1 aromatic heterocycles. The van der Waals surface area contributed by atoms with Crippen molar-refractivity contribution in [2.75, 3.05) is 7.11 Å². The van der Waals surface area contributed by atoms with Gasteiger partial charge < -0.3 is 14.8 Å². The van der Waals surface area contributed by atoms with Gasteiger partial charge in [0.25, 0.3) is 0 Å². The summed E-state index contributed by atoms with van der Waals surface area (Å²) in [5, 5.41) is 5.04. The van der Waals surface area contributed by atoms with E-state index in [4.69, 9.17) is 9.47 Å². The van der Waals surface area contributed by atoms with Crippen molar-refractivity contribution in [2.24, 2.45) is 0 Å². The van der Waals surface area contributed by atoms with Crippen LogP contribution in [0.1, 0.15) is 49.1 Å². The van der Waals surface area contributed by atoms with Gasteiger partial charge in [-0.1, -0.05) is 12.1 Å². The zero-order valence-corrected chi connectivity index (χ0v) is 15.6. The average molecular weight is 359 g/mol. The summed E-state index contributed by atoms with van der Waals surface area (Å²) in [5.74, 6) is 1.54. The Kier molecular flexibility index (Phi) is 5.97. The van der Waals surface area contributed by atoms with Crippen LogP contribution in [-0.4, -0.2) is 19.1 Å². The molecular weight excluding hydrogens is 334 g/mol. The molecule has 0 spiro atoms. The summed E-state index contributed by atoms with van der Waals surface area (Å²) in [6.45, 7) is 1.98. The van der Waals surface area contributed by atoms with Gasteiger partial charge in [0.15, 0.2) is 11.5 Å². The Bertz CT molecular complexity index is 693. The van der Waals surface area contributed by atoms with Gasteiger partial charge in [-0.2, -0.15) is 0 Å². The van der Waals surface area contributed by atoms with E-state index in [1.165, 1.54) is 12.8 Å². The largest absolute Gasteiger partial charge is 0.493 e. The van der Waals surface area contributed by atoms with E-state index in [0.29, 0.717) is 12.5 Å². The van der Waals surface area contributed by atoms with Gasteiger partial charge in [0.2, 0.25) is 5.91 Å². The SMILES string of the molecule is COc1cc(C(C)NC(=O)Cc2cccs2)ccc1OC1CCCC1.